The van der Waals surface area contributed by atoms with Crippen molar-refractivity contribution in [2.75, 3.05) is 6.54 Å². The molecule has 2 aromatic carbocycles. The monoisotopic (exact) mass is 467 g/mol. The molecule has 0 aromatic heterocycles. The van der Waals surface area contributed by atoms with Crippen molar-refractivity contribution >= 4 is 52.1 Å². The normalized spacial score (nSPS) is 14.7. The van der Waals surface area contributed by atoms with Gasteiger partial charge in [0.25, 0.3) is 11.8 Å². The fraction of sp³-hybridized carbons (Fsp3) is 0.250. The van der Waals surface area contributed by atoms with Crippen LogP contribution >= 0.6 is 24.0 Å². The van der Waals surface area contributed by atoms with Crippen LogP contribution in [0.4, 0.5) is 0 Å². The highest BCUT2D eigenvalue weighted by molar-refractivity contribution is 8.26. The van der Waals surface area contributed by atoms with Crippen molar-refractivity contribution in [1.29, 1.82) is 0 Å². The Morgan fingerprint density at radius 2 is 1.75 bits per heavy atom. The summed E-state index contributed by atoms with van der Waals surface area (Å²) >= 11 is 6.62. The van der Waals surface area contributed by atoms with Gasteiger partial charge in [0, 0.05) is 18.5 Å². The first-order valence-corrected chi connectivity index (χ1v) is 11.6. The van der Waals surface area contributed by atoms with E-state index >= 15 is 0 Å². The number of nitrogens with zero attached hydrogens (tertiary/aromatic N) is 1. The number of rotatable bonds is 7. The molecular formula is C24H25N3O3S2. The summed E-state index contributed by atoms with van der Waals surface area (Å²) in [6.07, 6.45) is 3.39. The van der Waals surface area contributed by atoms with Crippen LogP contribution in [0.5, 0.6) is 0 Å². The van der Waals surface area contributed by atoms with Gasteiger partial charge in [-0.3, -0.25) is 30.1 Å². The zero-order valence-corrected chi connectivity index (χ0v) is 19.6. The number of hydrogen-bond donors (Lipinski definition) is 2. The van der Waals surface area contributed by atoms with Crippen molar-refractivity contribution in [2.24, 2.45) is 0 Å². The van der Waals surface area contributed by atoms with E-state index in [2.05, 4.69) is 17.8 Å². The molecule has 0 atom stereocenters. The third-order valence-corrected chi connectivity index (χ3v) is 6.35. The molecule has 1 aliphatic rings. The van der Waals surface area contributed by atoms with Crippen LogP contribution in [0.2, 0.25) is 0 Å². The maximum Gasteiger partial charge on any atom is 0.269 e. The van der Waals surface area contributed by atoms with Crippen molar-refractivity contribution < 1.29 is 14.4 Å². The lowest BCUT2D eigenvalue weighted by atomic mass is 10.1. The van der Waals surface area contributed by atoms with Crippen LogP contribution in [0, 0.1) is 6.92 Å². The standard InChI is InChI=1S/C24H25N3O3S2/c1-3-17-8-10-18(11-9-17)15-20-23(30)27(24(31)32-20)14-4-5-21(28)25-26-22(29)19-12-6-16(2)7-13-19/h6-13,15H,3-5,14H2,1-2H3,(H,25,28)(H,26,29)/b20-15+. The summed E-state index contributed by atoms with van der Waals surface area (Å²) in [7, 11) is 0. The van der Waals surface area contributed by atoms with Gasteiger partial charge >= 0.3 is 0 Å². The van der Waals surface area contributed by atoms with E-state index in [1.807, 2.05) is 49.4 Å². The molecule has 2 N–H and O–H groups in total. The number of aryl methyl sites for hydroxylation is 2. The highest BCUT2D eigenvalue weighted by Gasteiger charge is 2.31. The summed E-state index contributed by atoms with van der Waals surface area (Å²) in [6.45, 7) is 4.37. The molecule has 3 amide bonds. The zero-order valence-electron chi connectivity index (χ0n) is 18.0. The van der Waals surface area contributed by atoms with E-state index in [1.54, 1.807) is 12.1 Å². The molecule has 1 saturated heterocycles. The van der Waals surface area contributed by atoms with Crippen LogP contribution in [0.15, 0.2) is 53.4 Å². The average molecular weight is 468 g/mol. The van der Waals surface area contributed by atoms with E-state index in [4.69, 9.17) is 12.2 Å². The number of amides is 3. The molecule has 2 aromatic rings. The molecular weight excluding hydrogens is 442 g/mol. The Hall–Kier alpha value is -2.97. The lowest BCUT2D eigenvalue weighted by Gasteiger charge is -2.14. The SMILES string of the molecule is CCc1ccc(/C=C2/SC(=S)N(CCCC(=O)NNC(=O)c3ccc(C)cc3)C2=O)cc1. The Bertz CT molecular complexity index is 1050. The fourth-order valence-electron chi connectivity index (χ4n) is 3.06. The van der Waals surface area contributed by atoms with E-state index in [-0.39, 0.29) is 24.1 Å². The van der Waals surface area contributed by atoms with Gasteiger partial charge in [-0.15, -0.1) is 0 Å². The molecule has 1 aliphatic heterocycles. The number of hydrazine groups is 1. The average Bonchev–Trinajstić information content (AvgIpc) is 3.05. The van der Waals surface area contributed by atoms with Gasteiger partial charge in [0.2, 0.25) is 5.91 Å². The van der Waals surface area contributed by atoms with Gasteiger partial charge in [0.15, 0.2) is 0 Å². The largest absolute Gasteiger partial charge is 0.293 e. The number of thiocarbonyl (C=S) groups is 1. The molecule has 0 radical (unpaired) electrons. The number of carbonyl (C=O) groups excluding carboxylic acids is 3. The Balaban J connectivity index is 1.45. The molecule has 32 heavy (non-hydrogen) atoms. The second kappa shape index (κ2) is 11.1. The first-order chi connectivity index (χ1) is 15.4. The van der Waals surface area contributed by atoms with Gasteiger partial charge < -0.3 is 0 Å². The summed E-state index contributed by atoms with van der Waals surface area (Å²) in [5.41, 5.74) is 8.50. The molecule has 1 heterocycles. The van der Waals surface area contributed by atoms with Crippen LogP contribution in [-0.2, 0) is 16.0 Å². The fourth-order valence-corrected chi connectivity index (χ4v) is 4.37. The second-order valence-electron chi connectivity index (χ2n) is 7.40. The van der Waals surface area contributed by atoms with Gasteiger partial charge in [-0.25, -0.2) is 0 Å². The van der Waals surface area contributed by atoms with Crippen LogP contribution in [0.25, 0.3) is 6.08 Å². The molecule has 1 fully saturated rings. The quantitative estimate of drug-likeness (QED) is 0.366. The molecule has 0 aliphatic carbocycles. The highest BCUT2D eigenvalue weighted by Crippen LogP contribution is 2.32. The van der Waals surface area contributed by atoms with Crippen molar-refractivity contribution in [2.45, 2.75) is 33.1 Å². The maximum atomic E-state index is 12.7. The molecule has 0 unspecified atom stereocenters. The number of thioether (sulfide) groups is 1. The molecule has 0 saturated carbocycles. The minimum atomic E-state index is -0.382. The topological polar surface area (TPSA) is 78.5 Å². The smallest absolute Gasteiger partial charge is 0.269 e. The number of nitrogens with one attached hydrogen (secondary N) is 2. The molecule has 3 rings (SSSR count). The van der Waals surface area contributed by atoms with Crippen LogP contribution in [-0.4, -0.2) is 33.5 Å². The predicted molar refractivity (Wildman–Crippen MR) is 132 cm³/mol. The summed E-state index contributed by atoms with van der Waals surface area (Å²) in [5, 5.41) is 0. The highest BCUT2D eigenvalue weighted by atomic mass is 32.2. The zero-order chi connectivity index (χ0) is 23.1. The van der Waals surface area contributed by atoms with Crippen LogP contribution in [0.3, 0.4) is 0 Å². The van der Waals surface area contributed by atoms with Gasteiger partial charge in [-0.1, -0.05) is 72.9 Å². The molecule has 166 valence electrons. The Labute approximate surface area is 197 Å². The van der Waals surface area contributed by atoms with Crippen molar-refractivity contribution in [3.05, 3.63) is 75.7 Å². The molecule has 0 spiro atoms. The third kappa shape index (κ3) is 6.27. The van der Waals surface area contributed by atoms with E-state index in [0.717, 1.165) is 17.5 Å². The second-order valence-corrected chi connectivity index (χ2v) is 9.08. The van der Waals surface area contributed by atoms with Crippen LogP contribution in [0.1, 0.15) is 46.8 Å². The summed E-state index contributed by atoms with van der Waals surface area (Å²) in [6, 6.07) is 15.1. The Kier molecular flexibility index (Phi) is 8.19. The van der Waals surface area contributed by atoms with Gasteiger partial charge in [0.1, 0.15) is 4.32 Å². The predicted octanol–water partition coefficient (Wildman–Crippen LogP) is 4.00. The minimum absolute atomic E-state index is 0.146. The van der Waals surface area contributed by atoms with Crippen molar-refractivity contribution in [3.8, 4) is 0 Å². The van der Waals surface area contributed by atoms with E-state index in [9.17, 15) is 14.4 Å². The van der Waals surface area contributed by atoms with Gasteiger partial charge in [-0.05, 0) is 49.1 Å². The number of carbonyl (C=O) groups is 3. The lowest BCUT2D eigenvalue weighted by Crippen LogP contribution is -2.41. The van der Waals surface area contributed by atoms with E-state index < -0.39 is 0 Å². The minimum Gasteiger partial charge on any atom is -0.293 e. The first-order valence-electron chi connectivity index (χ1n) is 10.4. The summed E-state index contributed by atoms with van der Waals surface area (Å²) in [5.74, 6) is -0.859. The Morgan fingerprint density at radius 3 is 2.41 bits per heavy atom. The maximum absolute atomic E-state index is 12.7. The van der Waals surface area contributed by atoms with E-state index in [1.165, 1.54) is 22.2 Å². The summed E-state index contributed by atoms with van der Waals surface area (Å²) < 4.78 is 0.486. The van der Waals surface area contributed by atoms with Crippen molar-refractivity contribution in [1.82, 2.24) is 15.8 Å². The van der Waals surface area contributed by atoms with Gasteiger partial charge in [-0.2, -0.15) is 0 Å². The lowest BCUT2D eigenvalue weighted by molar-refractivity contribution is -0.124. The van der Waals surface area contributed by atoms with Gasteiger partial charge in [0.05, 0.1) is 4.91 Å². The first kappa shape index (κ1) is 23.7. The van der Waals surface area contributed by atoms with Crippen molar-refractivity contribution in [3.63, 3.8) is 0 Å². The van der Waals surface area contributed by atoms with E-state index in [0.29, 0.717) is 27.8 Å². The number of hydrogen-bond acceptors (Lipinski definition) is 5. The molecule has 0 bridgehead atoms. The summed E-state index contributed by atoms with van der Waals surface area (Å²) in [4.78, 5) is 38.9. The molecule has 6 nitrogen and oxygen atoms in total. The number of benzene rings is 2. The Morgan fingerprint density at radius 1 is 1.06 bits per heavy atom. The van der Waals surface area contributed by atoms with Crippen LogP contribution < -0.4 is 10.9 Å². The molecule has 8 heteroatoms. The third-order valence-electron chi connectivity index (χ3n) is 4.97.